The van der Waals surface area contributed by atoms with Gasteiger partial charge in [-0.25, -0.2) is 4.79 Å². The predicted octanol–water partition coefficient (Wildman–Crippen LogP) is 4.40. The summed E-state index contributed by atoms with van der Waals surface area (Å²) in [4.78, 5) is 25.0. The largest absolute Gasteiger partial charge is 0.497 e. The quantitative estimate of drug-likeness (QED) is 0.689. The monoisotopic (exact) mass is 373 g/mol. The fraction of sp³-hybridized carbons (Fsp3) is 0.130. The van der Waals surface area contributed by atoms with Crippen molar-refractivity contribution in [3.8, 4) is 5.75 Å². The van der Waals surface area contributed by atoms with Crippen molar-refractivity contribution in [2.75, 3.05) is 12.4 Å². The Hall–Kier alpha value is -3.60. The van der Waals surface area contributed by atoms with Crippen molar-refractivity contribution in [1.29, 1.82) is 0 Å². The van der Waals surface area contributed by atoms with Gasteiger partial charge in [-0.15, -0.1) is 0 Å². The molecule has 4 rings (SSSR count). The van der Waals surface area contributed by atoms with E-state index in [4.69, 9.17) is 9.47 Å². The second-order valence-electron chi connectivity index (χ2n) is 6.56. The molecule has 0 radical (unpaired) electrons. The molecule has 5 heteroatoms. The third-order valence-electron chi connectivity index (χ3n) is 4.76. The van der Waals surface area contributed by atoms with Gasteiger partial charge in [0.25, 0.3) is 5.91 Å². The van der Waals surface area contributed by atoms with Gasteiger partial charge in [0, 0.05) is 17.7 Å². The van der Waals surface area contributed by atoms with Crippen LogP contribution in [0.1, 0.15) is 37.9 Å². The number of nitrogens with one attached hydrogen (secondary N) is 1. The Bertz CT molecular complexity index is 1010. The number of rotatable bonds is 4. The van der Waals surface area contributed by atoms with Gasteiger partial charge in [-0.2, -0.15) is 0 Å². The number of carbonyl (C=O) groups excluding carboxylic acids is 2. The van der Waals surface area contributed by atoms with Crippen LogP contribution in [0.15, 0.2) is 72.8 Å². The zero-order valence-corrected chi connectivity index (χ0v) is 15.3. The number of carbonyl (C=O) groups is 2. The number of ether oxygens (including phenoxy) is 2. The van der Waals surface area contributed by atoms with E-state index in [2.05, 4.69) is 5.32 Å². The summed E-state index contributed by atoms with van der Waals surface area (Å²) >= 11 is 0. The standard InChI is InChI=1S/C23H19NO4/c1-27-19-10-8-18(9-11-19)24-22(25)16-7-12-20-17(13-16)14-21(28-23(20)26)15-5-3-2-4-6-15/h2-13,21H,14H2,1H3,(H,24,25)/t21-/m0/s1. The Balaban J connectivity index is 1.55. The number of fused-ring (bicyclic) bond motifs is 1. The number of anilines is 1. The summed E-state index contributed by atoms with van der Waals surface area (Å²) in [6.07, 6.45) is 0.190. The second-order valence-corrected chi connectivity index (χ2v) is 6.56. The van der Waals surface area contributed by atoms with Crippen LogP contribution < -0.4 is 10.1 Å². The molecular formula is C23H19NO4. The van der Waals surface area contributed by atoms with Crippen LogP contribution in [0.4, 0.5) is 5.69 Å². The van der Waals surface area contributed by atoms with Crippen LogP contribution in [-0.4, -0.2) is 19.0 Å². The van der Waals surface area contributed by atoms with Crippen molar-refractivity contribution < 1.29 is 19.1 Å². The highest BCUT2D eigenvalue weighted by Crippen LogP contribution is 2.31. The van der Waals surface area contributed by atoms with Crippen molar-refractivity contribution >= 4 is 17.6 Å². The summed E-state index contributed by atoms with van der Waals surface area (Å²) in [6, 6.07) is 21.8. The van der Waals surface area contributed by atoms with Gasteiger partial charge in [-0.05, 0) is 53.6 Å². The lowest BCUT2D eigenvalue weighted by Gasteiger charge is -2.25. The molecule has 140 valence electrons. The Labute approximate surface area is 162 Å². The molecule has 0 bridgehead atoms. The van der Waals surface area contributed by atoms with E-state index in [-0.39, 0.29) is 18.0 Å². The maximum atomic E-state index is 12.6. The van der Waals surface area contributed by atoms with E-state index in [1.165, 1.54) is 0 Å². The molecule has 1 amide bonds. The first-order valence-corrected chi connectivity index (χ1v) is 8.98. The molecule has 0 saturated heterocycles. The van der Waals surface area contributed by atoms with E-state index >= 15 is 0 Å². The molecule has 0 unspecified atom stereocenters. The van der Waals surface area contributed by atoms with Crippen molar-refractivity contribution in [2.45, 2.75) is 12.5 Å². The normalized spacial score (nSPS) is 15.3. The highest BCUT2D eigenvalue weighted by Gasteiger charge is 2.28. The number of benzene rings is 3. The van der Waals surface area contributed by atoms with E-state index in [0.717, 1.165) is 16.9 Å². The van der Waals surface area contributed by atoms with Crippen LogP contribution in [0.25, 0.3) is 0 Å². The van der Waals surface area contributed by atoms with E-state index in [0.29, 0.717) is 23.2 Å². The summed E-state index contributed by atoms with van der Waals surface area (Å²) in [7, 11) is 1.59. The summed E-state index contributed by atoms with van der Waals surface area (Å²) in [5.41, 5.74) is 3.43. The lowest BCUT2D eigenvalue weighted by molar-refractivity contribution is 0.0252. The summed E-state index contributed by atoms with van der Waals surface area (Å²) in [6.45, 7) is 0. The van der Waals surface area contributed by atoms with Crippen LogP contribution in [-0.2, 0) is 11.2 Å². The van der Waals surface area contributed by atoms with Gasteiger partial charge < -0.3 is 14.8 Å². The van der Waals surface area contributed by atoms with E-state index in [1.807, 2.05) is 30.3 Å². The van der Waals surface area contributed by atoms with Crippen LogP contribution in [0, 0.1) is 0 Å². The molecule has 1 N–H and O–H groups in total. The van der Waals surface area contributed by atoms with Gasteiger partial charge in [0.05, 0.1) is 12.7 Å². The molecule has 1 atom stereocenters. The topological polar surface area (TPSA) is 64.6 Å². The Morgan fingerprint density at radius 3 is 2.50 bits per heavy atom. The molecule has 0 saturated carbocycles. The number of cyclic esters (lactones) is 1. The van der Waals surface area contributed by atoms with Gasteiger partial charge in [0.15, 0.2) is 0 Å². The van der Waals surface area contributed by atoms with Crippen LogP contribution in [0.5, 0.6) is 5.75 Å². The molecule has 1 heterocycles. The van der Waals surface area contributed by atoms with Gasteiger partial charge >= 0.3 is 5.97 Å². The molecule has 0 aromatic heterocycles. The Morgan fingerprint density at radius 2 is 1.79 bits per heavy atom. The summed E-state index contributed by atoms with van der Waals surface area (Å²) in [5.74, 6) is 0.123. The first-order chi connectivity index (χ1) is 13.6. The molecule has 0 fully saturated rings. The van der Waals surface area contributed by atoms with Crippen molar-refractivity contribution in [2.24, 2.45) is 0 Å². The lowest BCUT2D eigenvalue weighted by Crippen LogP contribution is -2.23. The maximum Gasteiger partial charge on any atom is 0.339 e. The Morgan fingerprint density at radius 1 is 1.04 bits per heavy atom. The number of esters is 1. The lowest BCUT2D eigenvalue weighted by atomic mass is 9.93. The predicted molar refractivity (Wildman–Crippen MR) is 106 cm³/mol. The molecule has 3 aromatic carbocycles. The fourth-order valence-corrected chi connectivity index (χ4v) is 3.27. The average Bonchev–Trinajstić information content (AvgIpc) is 2.74. The zero-order chi connectivity index (χ0) is 19.5. The second kappa shape index (κ2) is 7.56. The SMILES string of the molecule is COc1ccc(NC(=O)c2ccc3c(c2)C[C@@H](c2ccccc2)OC3=O)cc1. The number of hydrogen-bond acceptors (Lipinski definition) is 4. The maximum absolute atomic E-state index is 12.6. The van der Waals surface area contributed by atoms with Gasteiger partial charge in [0.2, 0.25) is 0 Å². The number of amides is 1. The minimum atomic E-state index is -0.364. The number of hydrogen-bond donors (Lipinski definition) is 1. The van der Waals surface area contributed by atoms with E-state index in [9.17, 15) is 9.59 Å². The highest BCUT2D eigenvalue weighted by molar-refractivity contribution is 6.05. The minimum Gasteiger partial charge on any atom is -0.497 e. The van der Waals surface area contributed by atoms with E-state index < -0.39 is 0 Å². The molecule has 3 aromatic rings. The molecule has 1 aliphatic heterocycles. The first kappa shape index (κ1) is 17.8. The summed E-state index contributed by atoms with van der Waals surface area (Å²) in [5, 5.41) is 2.86. The fourth-order valence-electron chi connectivity index (χ4n) is 3.27. The van der Waals surface area contributed by atoms with Gasteiger partial charge in [-0.3, -0.25) is 4.79 Å². The molecule has 1 aliphatic rings. The molecule has 5 nitrogen and oxygen atoms in total. The van der Waals surface area contributed by atoms with Crippen molar-refractivity contribution in [1.82, 2.24) is 0 Å². The van der Waals surface area contributed by atoms with Gasteiger partial charge in [0.1, 0.15) is 11.9 Å². The van der Waals surface area contributed by atoms with Crippen molar-refractivity contribution in [3.63, 3.8) is 0 Å². The minimum absolute atomic E-state index is 0.233. The van der Waals surface area contributed by atoms with Crippen LogP contribution in [0.2, 0.25) is 0 Å². The highest BCUT2D eigenvalue weighted by atomic mass is 16.5. The van der Waals surface area contributed by atoms with Crippen LogP contribution >= 0.6 is 0 Å². The Kier molecular flexibility index (Phi) is 4.81. The molecular weight excluding hydrogens is 354 g/mol. The first-order valence-electron chi connectivity index (χ1n) is 8.98. The third-order valence-corrected chi connectivity index (χ3v) is 4.76. The van der Waals surface area contributed by atoms with E-state index in [1.54, 1.807) is 49.6 Å². The van der Waals surface area contributed by atoms with Crippen LogP contribution in [0.3, 0.4) is 0 Å². The zero-order valence-electron chi connectivity index (χ0n) is 15.3. The molecule has 28 heavy (non-hydrogen) atoms. The average molecular weight is 373 g/mol. The van der Waals surface area contributed by atoms with Crippen molar-refractivity contribution in [3.05, 3.63) is 95.1 Å². The molecule has 0 spiro atoms. The smallest absolute Gasteiger partial charge is 0.339 e. The number of methoxy groups -OCH3 is 1. The summed E-state index contributed by atoms with van der Waals surface area (Å²) < 4.78 is 10.7. The third kappa shape index (κ3) is 3.60. The molecule has 0 aliphatic carbocycles. The van der Waals surface area contributed by atoms with Gasteiger partial charge in [-0.1, -0.05) is 30.3 Å².